The molecule has 0 saturated carbocycles. The molecule has 0 bridgehead atoms. The standard InChI is InChI=1S/C12H12F3NO3/c1-18-12(17)9-4-6(5-16-9)19-11-8(14)3-2-7(13)10(11)15/h2-3,6,9,16H,4-5H2,1H3/t6-,9+/m1/s1. The van der Waals surface area contributed by atoms with E-state index in [4.69, 9.17) is 4.74 Å². The number of carbonyl (C=O) groups excluding carboxylic acids is 1. The van der Waals surface area contributed by atoms with Crippen molar-refractivity contribution in [3.05, 3.63) is 29.6 Å². The van der Waals surface area contributed by atoms with Crippen LogP contribution in [0.5, 0.6) is 5.75 Å². The zero-order valence-electron chi connectivity index (χ0n) is 10.1. The molecular formula is C12H12F3NO3. The Balaban J connectivity index is 2.07. The molecular weight excluding hydrogens is 263 g/mol. The summed E-state index contributed by atoms with van der Waals surface area (Å²) in [7, 11) is 1.24. The molecule has 1 heterocycles. The van der Waals surface area contributed by atoms with Crippen molar-refractivity contribution in [3.8, 4) is 5.75 Å². The lowest BCUT2D eigenvalue weighted by molar-refractivity contribution is -0.142. The fourth-order valence-corrected chi connectivity index (χ4v) is 1.90. The number of hydrogen-bond donors (Lipinski definition) is 1. The van der Waals surface area contributed by atoms with Crippen LogP contribution in [-0.2, 0) is 9.53 Å². The molecule has 1 aromatic rings. The van der Waals surface area contributed by atoms with Crippen molar-refractivity contribution < 1.29 is 27.4 Å². The number of hydrogen-bond acceptors (Lipinski definition) is 4. The number of halogens is 3. The molecule has 0 spiro atoms. The molecule has 2 rings (SSSR count). The second-order valence-electron chi connectivity index (χ2n) is 4.13. The third kappa shape index (κ3) is 2.81. The van der Waals surface area contributed by atoms with Gasteiger partial charge in [-0.3, -0.25) is 4.79 Å². The summed E-state index contributed by atoms with van der Waals surface area (Å²) in [6.45, 7) is 0.217. The van der Waals surface area contributed by atoms with E-state index in [1.54, 1.807) is 0 Å². The van der Waals surface area contributed by atoms with Gasteiger partial charge in [0.2, 0.25) is 5.82 Å². The molecule has 19 heavy (non-hydrogen) atoms. The summed E-state index contributed by atoms with van der Waals surface area (Å²) >= 11 is 0. The SMILES string of the molecule is COC(=O)[C@@H]1C[C@@H](Oc2c(F)ccc(F)c2F)CN1. The monoisotopic (exact) mass is 275 g/mol. The van der Waals surface area contributed by atoms with Crippen LogP contribution in [0.2, 0.25) is 0 Å². The van der Waals surface area contributed by atoms with Crippen molar-refractivity contribution >= 4 is 5.97 Å². The Hall–Kier alpha value is -1.76. The molecule has 7 heteroatoms. The maximum atomic E-state index is 13.4. The number of esters is 1. The van der Waals surface area contributed by atoms with Crippen LogP contribution in [0.1, 0.15) is 6.42 Å². The van der Waals surface area contributed by atoms with E-state index < -0.39 is 41.3 Å². The van der Waals surface area contributed by atoms with Crippen LogP contribution in [0.4, 0.5) is 13.2 Å². The predicted octanol–water partition coefficient (Wildman–Crippen LogP) is 1.39. The molecule has 1 fully saturated rings. The molecule has 1 aromatic carbocycles. The Morgan fingerprint density at radius 2 is 2.00 bits per heavy atom. The van der Waals surface area contributed by atoms with Gasteiger partial charge in [-0.2, -0.15) is 4.39 Å². The summed E-state index contributed by atoms with van der Waals surface area (Å²) in [6, 6.07) is 0.880. The zero-order valence-corrected chi connectivity index (χ0v) is 10.1. The highest BCUT2D eigenvalue weighted by Crippen LogP contribution is 2.26. The summed E-state index contributed by atoms with van der Waals surface area (Å²) in [5.41, 5.74) is 0. The van der Waals surface area contributed by atoms with Gasteiger partial charge in [-0.25, -0.2) is 8.78 Å². The zero-order chi connectivity index (χ0) is 14.0. The quantitative estimate of drug-likeness (QED) is 0.669. The Kier molecular flexibility index (Phi) is 3.94. The molecule has 0 unspecified atom stereocenters. The fourth-order valence-electron chi connectivity index (χ4n) is 1.90. The molecule has 0 amide bonds. The van der Waals surface area contributed by atoms with Crippen LogP contribution in [0.15, 0.2) is 12.1 Å². The van der Waals surface area contributed by atoms with Gasteiger partial charge >= 0.3 is 5.97 Å². The largest absolute Gasteiger partial charge is 0.483 e. The van der Waals surface area contributed by atoms with Gasteiger partial charge in [0.25, 0.3) is 0 Å². The average molecular weight is 275 g/mol. The van der Waals surface area contributed by atoms with Gasteiger partial charge in [0, 0.05) is 13.0 Å². The van der Waals surface area contributed by atoms with Gasteiger partial charge in [0.1, 0.15) is 12.1 Å². The molecule has 1 saturated heterocycles. The lowest BCUT2D eigenvalue weighted by Crippen LogP contribution is -2.31. The maximum Gasteiger partial charge on any atom is 0.323 e. The minimum absolute atomic E-state index is 0.196. The summed E-state index contributed by atoms with van der Waals surface area (Å²) in [4.78, 5) is 11.3. The fraction of sp³-hybridized carbons (Fsp3) is 0.417. The lowest BCUT2D eigenvalue weighted by Gasteiger charge is -2.14. The van der Waals surface area contributed by atoms with Crippen LogP contribution in [-0.4, -0.2) is 31.8 Å². The van der Waals surface area contributed by atoms with E-state index in [0.29, 0.717) is 6.07 Å². The number of methoxy groups -OCH3 is 1. The van der Waals surface area contributed by atoms with Crippen molar-refractivity contribution in [1.29, 1.82) is 0 Å². The van der Waals surface area contributed by atoms with E-state index in [9.17, 15) is 18.0 Å². The number of nitrogens with one attached hydrogen (secondary N) is 1. The Bertz CT molecular complexity index is 495. The number of ether oxygens (including phenoxy) is 2. The van der Waals surface area contributed by atoms with E-state index in [1.807, 2.05) is 0 Å². The lowest BCUT2D eigenvalue weighted by atomic mass is 10.2. The molecule has 1 N–H and O–H groups in total. The van der Waals surface area contributed by atoms with Crippen molar-refractivity contribution in [2.24, 2.45) is 0 Å². The van der Waals surface area contributed by atoms with Crippen LogP contribution in [0, 0.1) is 17.5 Å². The number of rotatable bonds is 3. The molecule has 4 nitrogen and oxygen atoms in total. The first-order valence-corrected chi connectivity index (χ1v) is 5.64. The highest BCUT2D eigenvalue weighted by atomic mass is 19.2. The average Bonchev–Trinajstić information content (AvgIpc) is 2.87. The van der Waals surface area contributed by atoms with E-state index in [-0.39, 0.29) is 13.0 Å². The van der Waals surface area contributed by atoms with Crippen LogP contribution in [0.3, 0.4) is 0 Å². The first kappa shape index (κ1) is 13.7. The van der Waals surface area contributed by atoms with Gasteiger partial charge in [-0.05, 0) is 12.1 Å². The van der Waals surface area contributed by atoms with E-state index in [1.165, 1.54) is 7.11 Å². The molecule has 104 valence electrons. The minimum atomic E-state index is -1.37. The van der Waals surface area contributed by atoms with Gasteiger partial charge in [0.15, 0.2) is 17.4 Å². The van der Waals surface area contributed by atoms with Crippen molar-refractivity contribution in [1.82, 2.24) is 5.32 Å². The topological polar surface area (TPSA) is 47.6 Å². The van der Waals surface area contributed by atoms with E-state index >= 15 is 0 Å². The summed E-state index contributed by atoms with van der Waals surface area (Å²) in [5, 5.41) is 2.79. The van der Waals surface area contributed by atoms with Gasteiger partial charge in [-0.1, -0.05) is 0 Å². The molecule has 0 radical (unpaired) electrons. The molecule has 2 atom stereocenters. The molecule has 1 aliphatic heterocycles. The highest BCUT2D eigenvalue weighted by molar-refractivity contribution is 5.76. The molecule has 0 aliphatic carbocycles. The minimum Gasteiger partial charge on any atom is -0.483 e. The van der Waals surface area contributed by atoms with Crippen LogP contribution in [0.25, 0.3) is 0 Å². The number of benzene rings is 1. The smallest absolute Gasteiger partial charge is 0.323 e. The Labute approximate surface area is 107 Å². The van der Waals surface area contributed by atoms with Crippen LogP contribution < -0.4 is 10.1 Å². The van der Waals surface area contributed by atoms with Gasteiger partial charge in [-0.15, -0.1) is 0 Å². The first-order chi connectivity index (χ1) is 9.02. The molecule has 0 aromatic heterocycles. The predicted molar refractivity (Wildman–Crippen MR) is 59.2 cm³/mol. The maximum absolute atomic E-state index is 13.4. The van der Waals surface area contributed by atoms with E-state index in [2.05, 4.69) is 10.1 Å². The first-order valence-electron chi connectivity index (χ1n) is 5.64. The Morgan fingerprint density at radius 3 is 2.68 bits per heavy atom. The normalized spacial score (nSPS) is 22.3. The van der Waals surface area contributed by atoms with Crippen molar-refractivity contribution in [3.63, 3.8) is 0 Å². The van der Waals surface area contributed by atoms with Gasteiger partial charge in [0.05, 0.1) is 7.11 Å². The summed E-state index contributed by atoms with van der Waals surface area (Å²) in [5.74, 6) is -4.79. The Morgan fingerprint density at radius 1 is 1.32 bits per heavy atom. The third-order valence-electron chi connectivity index (χ3n) is 2.86. The van der Waals surface area contributed by atoms with Gasteiger partial charge < -0.3 is 14.8 Å². The van der Waals surface area contributed by atoms with Crippen molar-refractivity contribution in [2.45, 2.75) is 18.6 Å². The third-order valence-corrected chi connectivity index (χ3v) is 2.86. The van der Waals surface area contributed by atoms with Crippen LogP contribution >= 0.6 is 0 Å². The van der Waals surface area contributed by atoms with Crippen molar-refractivity contribution in [2.75, 3.05) is 13.7 Å². The van der Waals surface area contributed by atoms with E-state index in [0.717, 1.165) is 6.07 Å². The second-order valence-corrected chi connectivity index (χ2v) is 4.13. The second kappa shape index (κ2) is 5.48. The summed E-state index contributed by atoms with van der Waals surface area (Å²) < 4.78 is 49.3. The number of carbonyl (C=O) groups is 1. The summed E-state index contributed by atoms with van der Waals surface area (Å²) in [6.07, 6.45) is -0.433. The molecule has 1 aliphatic rings. The highest BCUT2D eigenvalue weighted by Gasteiger charge is 2.32.